The van der Waals surface area contributed by atoms with Gasteiger partial charge in [-0.3, -0.25) is 4.79 Å². The molecule has 1 saturated heterocycles. The first-order valence-electron chi connectivity index (χ1n) is 9.28. The summed E-state index contributed by atoms with van der Waals surface area (Å²) in [5.74, 6) is 1.47. The Morgan fingerprint density at radius 1 is 1.23 bits per heavy atom. The van der Waals surface area contributed by atoms with E-state index >= 15 is 0 Å². The summed E-state index contributed by atoms with van der Waals surface area (Å²) >= 11 is 0. The van der Waals surface area contributed by atoms with E-state index in [1.807, 2.05) is 48.3 Å². The number of hydrogen-bond acceptors (Lipinski definition) is 4. The third kappa shape index (κ3) is 4.74. The van der Waals surface area contributed by atoms with Crippen molar-refractivity contribution in [1.82, 2.24) is 9.80 Å². The molecule has 0 unspecified atom stereocenters. The van der Waals surface area contributed by atoms with Crippen molar-refractivity contribution in [1.29, 1.82) is 0 Å². The molecule has 1 fully saturated rings. The summed E-state index contributed by atoms with van der Waals surface area (Å²) < 4.78 is 10.5. The molecule has 2 heterocycles. The number of hydrogen-bond donors (Lipinski definition) is 0. The predicted octanol–water partition coefficient (Wildman–Crippen LogP) is 3.38. The average molecular weight is 356 g/mol. The number of nitrogens with zero attached hydrogens (tertiary/aromatic N) is 2. The molecule has 26 heavy (non-hydrogen) atoms. The predicted molar refractivity (Wildman–Crippen MR) is 102 cm³/mol. The molecule has 5 nitrogen and oxygen atoms in total. The van der Waals surface area contributed by atoms with Crippen LogP contribution < -0.4 is 0 Å². The van der Waals surface area contributed by atoms with Crippen molar-refractivity contribution >= 4 is 5.91 Å². The van der Waals surface area contributed by atoms with Gasteiger partial charge in [0.2, 0.25) is 0 Å². The summed E-state index contributed by atoms with van der Waals surface area (Å²) in [4.78, 5) is 17.0. The van der Waals surface area contributed by atoms with E-state index in [4.69, 9.17) is 9.15 Å². The monoisotopic (exact) mass is 356 g/mol. The Bertz CT molecular complexity index is 674. The highest BCUT2D eigenvalue weighted by atomic mass is 16.5. The fraction of sp³-hybridized carbons (Fsp3) is 0.476. The van der Waals surface area contributed by atoms with Crippen LogP contribution in [-0.4, -0.2) is 62.7 Å². The summed E-state index contributed by atoms with van der Waals surface area (Å²) in [6.45, 7) is 4.79. The zero-order chi connectivity index (χ0) is 18.4. The molecular formula is C21H28N2O3. The van der Waals surface area contributed by atoms with Crippen molar-refractivity contribution in [2.24, 2.45) is 5.92 Å². The molecule has 0 bridgehead atoms. The number of methoxy groups -OCH3 is 1. The molecule has 0 atom stereocenters. The van der Waals surface area contributed by atoms with Crippen LogP contribution in [-0.2, 0) is 4.74 Å². The number of ether oxygens (including phenoxy) is 1. The van der Waals surface area contributed by atoms with Crippen LogP contribution in [0.2, 0.25) is 0 Å². The van der Waals surface area contributed by atoms with Crippen LogP contribution in [0.15, 0.2) is 47.1 Å². The van der Waals surface area contributed by atoms with E-state index in [-0.39, 0.29) is 5.91 Å². The van der Waals surface area contributed by atoms with E-state index in [9.17, 15) is 4.79 Å². The second-order valence-electron chi connectivity index (χ2n) is 7.02. The van der Waals surface area contributed by atoms with Gasteiger partial charge in [0.1, 0.15) is 5.76 Å². The van der Waals surface area contributed by atoms with E-state index < -0.39 is 0 Å². The Kier molecular flexibility index (Phi) is 6.47. The van der Waals surface area contributed by atoms with E-state index in [0.717, 1.165) is 62.5 Å². The highest BCUT2D eigenvalue weighted by Crippen LogP contribution is 2.22. The van der Waals surface area contributed by atoms with Gasteiger partial charge in [0.25, 0.3) is 5.91 Å². The average Bonchev–Trinajstić information content (AvgIpc) is 3.22. The number of amides is 1. The second-order valence-corrected chi connectivity index (χ2v) is 7.02. The fourth-order valence-electron chi connectivity index (χ4n) is 3.52. The standard InChI is InChI=1S/C21H28N2O3/c1-22(16-17-9-11-23(12-10-17)13-15-25-2)21(24)19-7-5-18(6-8-19)20-4-3-14-26-20/h3-8,14,17H,9-13,15-16H2,1-2H3. The lowest BCUT2D eigenvalue weighted by molar-refractivity contribution is 0.0724. The SMILES string of the molecule is COCCN1CCC(CN(C)C(=O)c2ccc(-c3ccco3)cc2)CC1. The van der Waals surface area contributed by atoms with Gasteiger partial charge < -0.3 is 19.0 Å². The molecule has 0 aliphatic carbocycles. The van der Waals surface area contributed by atoms with Crippen LogP contribution >= 0.6 is 0 Å². The fourth-order valence-corrected chi connectivity index (χ4v) is 3.52. The van der Waals surface area contributed by atoms with Gasteiger partial charge in [0.05, 0.1) is 12.9 Å². The largest absolute Gasteiger partial charge is 0.464 e. The molecule has 0 saturated carbocycles. The zero-order valence-electron chi connectivity index (χ0n) is 15.7. The molecule has 0 N–H and O–H groups in total. The quantitative estimate of drug-likeness (QED) is 0.763. The smallest absolute Gasteiger partial charge is 0.253 e. The maximum Gasteiger partial charge on any atom is 0.253 e. The number of benzene rings is 1. The molecule has 1 aromatic heterocycles. The Morgan fingerprint density at radius 2 is 1.96 bits per heavy atom. The first-order valence-corrected chi connectivity index (χ1v) is 9.28. The third-order valence-electron chi connectivity index (χ3n) is 5.14. The van der Waals surface area contributed by atoms with Crippen molar-refractivity contribution in [2.75, 3.05) is 46.9 Å². The van der Waals surface area contributed by atoms with Crippen LogP contribution in [0.5, 0.6) is 0 Å². The van der Waals surface area contributed by atoms with Gasteiger partial charge in [0, 0.05) is 38.4 Å². The van der Waals surface area contributed by atoms with E-state index in [0.29, 0.717) is 5.92 Å². The molecule has 0 spiro atoms. The van der Waals surface area contributed by atoms with E-state index in [1.165, 1.54) is 0 Å². The maximum atomic E-state index is 12.7. The first kappa shape index (κ1) is 18.7. The highest BCUT2D eigenvalue weighted by Gasteiger charge is 2.22. The summed E-state index contributed by atoms with van der Waals surface area (Å²) in [6, 6.07) is 11.4. The van der Waals surface area contributed by atoms with Crippen molar-refractivity contribution in [3.63, 3.8) is 0 Å². The van der Waals surface area contributed by atoms with Crippen LogP contribution in [0.4, 0.5) is 0 Å². The Balaban J connectivity index is 1.50. The number of rotatable bonds is 7. The van der Waals surface area contributed by atoms with Crippen molar-refractivity contribution in [3.8, 4) is 11.3 Å². The van der Waals surface area contributed by atoms with E-state index in [1.54, 1.807) is 13.4 Å². The van der Waals surface area contributed by atoms with Gasteiger partial charge in [0.15, 0.2) is 0 Å². The molecule has 140 valence electrons. The Morgan fingerprint density at radius 3 is 2.58 bits per heavy atom. The maximum absolute atomic E-state index is 12.7. The lowest BCUT2D eigenvalue weighted by Gasteiger charge is -2.33. The molecule has 1 amide bonds. The molecule has 0 radical (unpaired) electrons. The zero-order valence-corrected chi connectivity index (χ0v) is 15.7. The number of piperidine rings is 1. The minimum atomic E-state index is 0.0813. The van der Waals surface area contributed by atoms with Gasteiger partial charge in [-0.05, 0) is 56.1 Å². The summed E-state index contributed by atoms with van der Waals surface area (Å²) in [5.41, 5.74) is 1.71. The van der Waals surface area contributed by atoms with Gasteiger partial charge in [-0.1, -0.05) is 12.1 Å². The molecular weight excluding hydrogens is 328 g/mol. The van der Waals surface area contributed by atoms with Crippen molar-refractivity contribution in [3.05, 3.63) is 48.2 Å². The summed E-state index contributed by atoms with van der Waals surface area (Å²) in [7, 11) is 3.65. The second kappa shape index (κ2) is 9.01. The number of likely N-dealkylation sites (tertiary alicyclic amines) is 1. The van der Waals surface area contributed by atoms with Crippen LogP contribution in [0.1, 0.15) is 23.2 Å². The molecule has 2 aromatic rings. The Hall–Kier alpha value is -2.11. The summed E-state index contributed by atoms with van der Waals surface area (Å²) in [6.07, 6.45) is 3.93. The third-order valence-corrected chi connectivity index (χ3v) is 5.14. The number of furan rings is 1. The molecule has 5 heteroatoms. The van der Waals surface area contributed by atoms with Crippen LogP contribution in [0, 0.1) is 5.92 Å². The highest BCUT2D eigenvalue weighted by molar-refractivity contribution is 5.94. The normalized spacial score (nSPS) is 15.9. The number of carbonyl (C=O) groups is 1. The minimum absolute atomic E-state index is 0.0813. The molecule has 3 rings (SSSR count). The van der Waals surface area contributed by atoms with Crippen LogP contribution in [0.3, 0.4) is 0 Å². The van der Waals surface area contributed by atoms with Gasteiger partial charge in [-0.15, -0.1) is 0 Å². The van der Waals surface area contributed by atoms with Crippen molar-refractivity contribution in [2.45, 2.75) is 12.8 Å². The topological polar surface area (TPSA) is 45.9 Å². The summed E-state index contributed by atoms with van der Waals surface area (Å²) in [5, 5.41) is 0. The van der Waals surface area contributed by atoms with Gasteiger partial charge in [-0.25, -0.2) is 0 Å². The lowest BCUT2D eigenvalue weighted by atomic mass is 9.96. The minimum Gasteiger partial charge on any atom is -0.464 e. The van der Waals surface area contributed by atoms with Crippen molar-refractivity contribution < 1.29 is 13.9 Å². The van der Waals surface area contributed by atoms with Crippen LogP contribution in [0.25, 0.3) is 11.3 Å². The lowest BCUT2D eigenvalue weighted by Crippen LogP contribution is -2.40. The van der Waals surface area contributed by atoms with Gasteiger partial charge >= 0.3 is 0 Å². The first-order chi connectivity index (χ1) is 12.7. The molecule has 1 aliphatic rings. The van der Waals surface area contributed by atoms with E-state index in [2.05, 4.69) is 4.90 Å². The molecule has 1 aliphatic heterocycles. The molecule has 1 aromatic carbocycles. The number of carbonyl (C=O) groups excluding carboxylic acids is 1. The Labute approximate surface area is 155 Å². The van der Waals surface area contributed by atoms with Gasteiger partial charge in [-0.2, -0.15) is 0 Å².